The molecule has 1 rings (SSSR count). The summed E-state index contributed by atoms with van der Waals surface area (Å²) in [6.45, 7) is 9.76. The Balaban J connectivity index is 3.25. The van der Waals surface area contributed by atoms with Gasteiger partial charge in [-0.3, -0.25) is 5.32 Å². The van der Waals surface area contributed by atoms with Crippen molar-refractivity contribution in [2.45, 2.75) is 52.1 Å². The van der Waals surface area contributed by atoms with Crippen molar-refractivity contribution in [1.29, 1.82) is 0 Å². The highest BCUT2D eigenvalue weighted by molar-refractivity contribution is 5.81. The number of benzene rings is 1. The van der Waals surface area contributed by atoms with Crippen molar-refractivity contribution in [2.24, 2.45) is 0 Å². The summed E-state index contributed by atoms with van der Waals surface area (Å²) < 4.78 is 0. The third-order valence-corrected chi connectivity index (χ3v) is 3.58. The molecule has 0 aliphatic carbocycles. The van der Waals surface area contributed by atoms with Crippen LogP contribution in [0.5, 0.6) is 0 Å². The van der Waals surface area contributed by atoms with Gasteiger partial charge in [0.05, 0.1) is 0 Å². The summed E-state index contributed by atoms with van der Waals surface area (Å²) in [5.74, 6) is -0.849. The monoisotopic (exact) mass is 249 g/mol. The number of aliphatic carboxylic acids is 1. The third-order valence-electron chi connectivity index (χ3n) is 3.58. The van der Waals surface area contributed by atoms with Gasteiger partial charge < -0.3 is 5.11 Å². The number of rotatable bonds is 5. The van der Waals surface area contributed by atoms with Gasteiger partial charge in [0.25, 0.3) is 0 Å². The molecule has 0 aliphatic rings. The summed E-state index contributed by atoms with van der Waals surface area (Å²) in [6, 6.07) is 7.62. The van der Waals surface area contributed by atoms with Crippen LogP contribution in [0.3, 0.4) is 0 Å². The first-order valence-electron chi connectivity index (χ1n) is 6.32. The zero-order valence-electron chi connectivity index (χ0n) is 11.9. The van der Waals surface area contributed by atoms with E-state index < -0.39 is 11.5 Å². The highest BCUT2D eigenvalue weighted by Crippen LogP contribution is 2.28. The molecule has 0 spiro atoms. The van der Waals surface area contributed by atoms with Gasteiger partial charge in [0.1, 0.15) is 5.54 Å². The second-order valence-corrected chi connectivity index (χ2v) is 5.61. The van der Waals surface area contributed by atoms with Crippen molar-refractivity contribution >= 4 is 5.97 Å². The van der Waals surface area contributed by atoms with E-state index in [9.17, 15) is 9.90 Å². The van der Waals surface area contributed by atoms with Gasteiger partial charge in [-0.15, -0.1) is 0 Å². The van der Waals surface area contributed by atoms with Crippen molar-refractivity contribution in [3.8, 4) is 0 Å². The predicted octanol–water partition coefficient (Wildman–Crippen LogP) is 3.07. The Labute approximate surface area is 109 Å². The van der Waals surface area contributed by atoms with Crippen molar-refractivity contribution < 1.29 is 9.90 Å². The molecule has 18 heavy (non-hydrogen) atoms. The quantitative estimate of drug-likeness (QED) is 0.843. The van der Waals surface area contributed by atoms with Gasteiger partial charge in [-0.05, 0) is 45.2 Å². The average Bonchev–Trinajstić information content (AvgIpc) is 2.28. The fraction of sp³-hybridized carbons (Fsp3) is 0.533. The van der Waals surface area contributed by atoms with Gasteiger partial charge in [-0.25, -0.2) is 4.79 Å². The number of hydrogen-bond acceptors (Lipinski definition) is 2. The molecule has 0 radical (unpaired) electrons. The SMILES string of the molecule is CCC(C)(C)NC(C)(C(=O)O)c1ccccc1C. The van der Waals surface area contributed by atoms with Crippen LogP contribution >= 0.6 is 0 Å². The minimum absolute atomic E-state index is 0.227. The van der Waals surface area contributed by atoms with Gasteiger partial charge >= 0.3 is 5.97 Å². The Bertz CT molecular complexity index is 440. The zero-order valence-corrected chi connectivity index (χ0v) is 11.9. The molecule has 1 aromatic carbocycles. The number of carboxylic acids is 1. The van der Waals surface area contributed by atoms with E-state index >= 15 is 0 Å². The molecule has 0 aliphatic heterocycles. The van der Waals surface area contributed by atoms with Gasteiger partial charge in [0.15, 0.2) is 0 Å². The van der Waals surface area contributed by atoms with Crippen LogP contribution in [0.1, 0.15) is 45.2 Å². The van der Waals surface area contributed by atoms with E-state index in [4.69, 9.17) is 0 Å². The van der Waals surface area contributed by atoms with Crippen molar-refractivity contribution in [3.05, 3.63) is 35.4 Å². The van der Waals surface area contributed by atoms with E-state index in [0.29, 0.717) is 0 Å². The number of nitrogens with one attached hydrogen (secondary N) is 1. The van der Waals surface area contributed by atoms with Crippen LogP contribution in [-0.2, 0) is 10.3 Å². The fourth-order valence-electron chi connectivity index (χ4n) is 2.14. The van der Waals surface area contributed by atoms with E-state index in [1.165, 1.54) is 0 Å². The molecule has 0 heterocycles. The largest absolute Gasteiger partial charge is 0.480 e. The van der Waals surface area contributed by atoms with E-state index in [-0.39, 0.29) is 5.54 Å². The summed E-state index contributed by atoms with van der Waals surface area (Å²) in [4.78, 5) is 11.7. The molecular formula is C15H23NO2. The summed E-state index contributed by atoms with van der Waals surface area (Å²) in [6.07, 6.45) is 0.863. The molecule has 3 heteroatoms. The highest BCUT2D eigenvalue weighted by atomic mass is 16.4. The van der Waals surface area contributed by atoms with Crippen molar-refractivity contribution in [3.63, 3.8) is 0 Å². The molecular weight excluding hydrogens is 226 g/mol. The van der Waals surface area contributed by atoms with E-state index in [0.717, 1.165) is 17.5 Å². The molecule has 2 N–H and O–H groups in total. The van der Waals surface area contributed by atoms with Crippen molar-refractivity contribution in [1.82, 2.24) is 5.32 Å². The van der Waals surface area contributed by atoms with E-state index in [1.54, 1.807) is 6.92 Å². The van der Waals surface area contributed by atoms with E-state index in [2.05, 4.69) is 5.32 Å². The Kier molecular flexibility index (Phi) is 4.17. The molecule has 0 aromatic heterocycles. The number of carbonyl (C=O) groups is 1. The van der Waals surface area contributed by atoms with Gasteiger partial charge in [-0.1, -0.05) is 31.2 Å². The molecule has 1 atom stereocenters. The molecule has 1 aromatic rings. The Hall–Kier alpha value is -1.35. The minimum atomic E-state index is -1.06. The summed E-state index contributed by atoms with van der Waals surface area (Å²) in [5, 5.41) is 12.9. The van der Waals surface area contributed by atoms with Crippen molar-refractivity contribution in [2.75, 3.05) is 0 Å². The maximum Gasteiger partial charge on any atom is 0.328 e. The second kappa shape index (κ2) is 5.11. The third kappa shape index (κ3) is 2.91. The molecule has 0 fully saturated rings. The first-order chi connectivity index (χ1) is 8.23. The van der Waals surface area contributed by atoms with Gasteiger partial charge in [0.2, 0.25) is 0 Å². The first kappa shape index (κ1) is 14.7. The number of aryl methyl sites for hydroxylation is 1. The van der Waals surface area contributed by atoms with Crippen LogP contribution in [0.15, 0.2) is 24.3 Å². The normalized spacial score (nSPS) is 15.2. The second-order valence-electron chi connectivity index (χ2n) is 5.61. The summed E-state index contributed by atoms with van der Waals surface area (Å²) in [5.41, 5.74) is 0.515. The molecule has 1 unspecified atom stereocenters. The maximum atomic E-state index is 11.7. The molecule has 0 bridgehead atoms. The van der Waals surface area contributed by atoms with Gasteiger partial charge in [-0.2, -0.15) is 0 Å². The van der Waals surface area contributed by atoms with Crippen LogP contribution in [-0.4, -0.2) is 16.6 Å². The smallest absolute Gasteiger partial charge is 0.328 e. The molecule has 3 nitrogen and oxygen atoms in total. The molecule has 0 amide bonds. The van der Waals surface area contributed by atoms with E-state index in [1.807, 2.05) is 52.0 Å². The topological polar surface area (TPSA) is 49.3 Å². The average molecular weight is 249 g/mol. The minimum Gasteiger partial charge on any atom is -0.480 e. The van der Waals surface area contributed by atoms with Crippen LogP contribution in [0.4, 0.5) is 0 Å². The van der Waals surface area contributed by atoms with Crippen LogP contribution < -0.4 is 5.32 Å². The van der Waals surface area contributed by atoms with Crippen LogP contribution in [0.25, 0.3) is 0 Å². The molecule has 100 valence electrons. The maximum absolute atomic E-state index is 11.7. The Morgan fingerprint density at radius 3 is 2.28 bits per heavy atom. The lowest BCUT2D eigenvalue weighted by Crippen LogP contribution is -2.56. The highest BCUT2D eigenvalue weighted by Gasteiger charge is 2.39. The lowest BCUT2D eigenvalue weighted by atomic mass is 9.85. The Morgan fingerprint density at radius 2 is 1.83 bits per heavy atom. The zero-order chi connectivity index (χ0) is 14.0. The van der Waals surface area contributed by atoms with Crippen LogP contribution in [0.2, 0.25) is 0 Å². The first-order valence-corrected chi connectivity index (χ1v) is 6.32. The number of carboxylic acid groups (broad SMARTS) is 1. The van der Waals surface area contributed by atoms with Gasteiger partial charge in [0, 0.05) is 5.54 Å². The summed E-state index contributed by atoms with van der Waals surface area (Å²) in [7, 11) is 0. The van der Waals surface area contributed by atoms with Crippen LogP contribution in [0, 0.1) is 6.92 Å². The lowest BCUT2D eigenvalue weighted by molar-refractivity contribution is -0.145. The number of hydrogen-bond donors (Lipinski definition) is 2. The molecule has 0 saturated carbocycles. The standard InChI is InChI=1S/C15H23NO2/c1-6-14(3,4)16-15(5,13(17)18)12-10-8-7-9-11(12)2/h7-10,16H,6H2,1-5H3,(H,17,18). The lowest BCUT2D eigenvalue weighted by Gasteiger charge is -2.37. The summed E-state index contributed by atoms with van der Waals surface area (Å²) >= 11 is 0. The Morgan fingerprint density at radius 1 is 1.28 bits per heavy atom. The molecule has 0 saturated heterocycles. The fourth-order valence-corrected chi connectivity index (χ4v) is 2.14. The predicted molar refractivity (Wildman–Crippen MR) is 73.7 cm³/mol.